The number of thiazole rings is 1. The number of rotatable bonds is 5. The summed E-state index contributed by atoms with van der Waals surface area (Å²) in [6.45, 7) is 4.08. The largest absolute Gasteiger partial charge is 0.461 e. The van der Waals surface area contributed by atoms with Crippen molar-refractivity contribution in [1.82, 2.24) is 4.98 Å². The van der Waals surface area contributed by atoms with Crippen LogP contribution in [0, 0.1) is 0 Å². The zero-order valence-corrected chi connectivity index (χ0v) is 12.8. The zero-order valence-electron chi connectivity index (χ0n) is 11.2. The van der Waals surface area contributed by atoms with E-state index in [2.05, 4.69) is 10.3 Å². The van der Waals surface area contributed by atoms with Crippen molar-refractivity contribution in [2.75, 3.05) is 11.9 Å². The Labute approximate surface area is 126 Å². The molecule has 106 valence electrons. The molecule has 0 spiro atoms. The van der Waals surface area contributed by atoms with Crippen LogP contribution in [0.2, 0.25) is 5.02 Å². The fourth-order valence-electron chi connectivity index (χ4n) is 1.79. The molecule has 1 unspecified atom stereocenters. The van der Waals surface area contributed by atoms with Gasteiger partial charge in [0.15, 0.2) is 5.69 Å². The number of carbonyl (C=O) groups is 1. The fourth-order valence-corrected chi connectivity index (χ4v) is 2.85. The maximum absolute atomic E-state index is 11.8. The van der Waals surface area contributed by atoms with Gasteiger partial charge in [0.1, 0.15) is 5.00 Å². The van der Waals surface area contributed by atoms with Crippen LogP contribution in [0.25, 0.3) is 0 Å². The van der Waals surface area contributed by atoms with Crippen molar-refractivity contribution in [3.8, 4) is 0 Å². The van der Waals surface area contributed by atoms with Gasteiger partial charge in [-0.25, -0.2) is 9.78 Å². The molecule has 0 fully saturated rings. The summed E-state index contributed by atoms with van der Waals surface area (Å²) in [5.74, 6) is -0.414. The third kappa shape index (κ3) is 3.29. The molecule has 0 amide bonds. The van der Waals surface area contributed by atoms with Crippen molar-refractivity contribution in [2.24, 2.45) is 0 Å². The minimum atomic E-state index is -0.414. The summed E-state index contributed by atoms with van der Waals surface area (Å²) in [5.41, 5.74) is 2.90. The molecule has 0 bridgehead atoms. The maximum atomic E-state index is 11.8. The average molecular weight is 311 g/mol. The summed E-state index contributed by atoms with van der Waals surface area (Å²) in [4.78, 5) is 15.8. The predicted octanol–water partition coefficient (Wildman–Crippen LogP) is 4.15. The van der Waals surface area contributed by atoms with E-state index in [9.17, 15) is 4.79 Å². The van der Waals surface area contributed by atoms with E-state index in [0.29, 0.717) is 22.3 Å². The summed E-state index contributed by atoms with van der Waals surface area (Å²) >= 11 is 7.53. The topological polar surface area (TPSA) is 51.2 Å². The van der Waals surface area contributed by atoms with Crippen LogP contribution in [0.5, 0.6) is 0 Å². The minimum Gasteiger partial charge on any atom is -0.461 e. The van der Waals surface area contributed by atoms with E-state index in [-0.39, 0.29) is 6.04 Å². The Morgan fingerprint density at radius 3 is 2.95 bits per heavy atom. The van der Waals surface area contributed by atoms with Gasteiger partial charge in [-0.15, -0.1) is 11.3 Å². The lowest BCUT2D eigenvalue weighted by Gasteiger charge is -2.16. The summed E-state index contributed by atoms with van der Waals surface area (Å²) in [6, 6.07) is 7.57. The molecule has 20 heavy (non-hydrogen) atoms. The highest BCUT2D eigenvalue weighted by molar-refractivity contribution is 7.14. The Hall–Kier alpha value is -1.59. The quantitative estimate of drug-likeness (QED) is 0.843. The molecule has 0 aliphatic carbocycles. The second-order valence-corrected chi connectivity index (χ2v) is 5.40. The first-order valence-electron chi connectivity index (χ1n) is 6.25. The normalized spacial score (nSPS) is 11.9. The van der Waals surface area contributed by atoms with Crippen LogP contribution in [0.4, 0.5) is 5.00 Å². The highest BCUT2D eigenvalue weighted by Crippen LogP contribution is 2.29. The maximum Gasteiger partial charge on any atom is 0.360 e. The Bertz CT molecular complexity index is 600. The minimum absolute atomic E-state index is 0.0303. The van der Waals surface area contributed by atoms with Crippen molar-refractivity contribution in [3.63, 3.8) is 0 Å². The Kier molecular flexibility index (Phi) is 4.98. The van der Waals surface area contributed by atoms with Gasteiger partial charge in [-0.3, -0.25) is 0 Å². The van der Waals surface area contributed by atoms with E-state index >= 15 is 0 Å². The molecule has 1 heterocycles. The van der Waals surface area contributed by atoms with Crippen molar-refractivity contribution in [2.45, 2.75) is 19.9 Å². The van der Waals surface area contributed by atoms with Crippen LogP contribution in [0.3, 0.4) is 0 Å². The second-order valence-electron chi connectivity index (χ2n) is 4.14. The number of halogens is 1. The van der Waals surface area contributed by atoms with Gasteiger partial charge in [0.2, 0.25) is 0 Å². The molecule has 6 heteroatoms. The first-order valence-corrected chi connectivity index (χ1v) is 7.50. The Balaban J connectivity index is 2.17. The average Bonchev–Trinajstić information content (AvgIpc) is 2.87. The summed E-state index contributed by atoms with van der Waals surface area (Å²) in [7, 11) is 0. The lowest BCUT2D eigenvalue weighted by atomic mass is 10.1. The number of nitrogens with zero attached hydrogens (tertiary/aromatic N) is 1. The van der Waals surface area contributed by atoms with Gasteiger partial charge < -0.3 is 10.1 Å². The standard InChI is InChI=1S/C14H15ClN2O2S/c1-3-19-14(18)12-13(20-8-16-12)17-9(2)10-6-4-5-7-11(10)15/h4-9,17H,3H2,1-2H3. The van der Waals surface area contributed by atoms with Crippen LogP contribution >= 0.6 is 22.9 Å². The van der Waals surface area contributed by atoms with Crippen molar-refractivity contribution in [1.29, 1.82) is 0 Å². The molecule has 4 nitrogen and oxygen atoms in total. The highest BCUT2D eigenvalue weighted by Gasteiger charge is 2.18. The molecule has 0 aliphatic heterocycles. The number of hydrogen-bond donors (Lipinski definition) is 1. The molecule has 1 atom stereocenters. The van der Waals surface area contributed by atoms with E-state index in [1.165, 1.54) is 11.3 Å². The molecule has 0 radical (unpaired) electrons. The van der Waals surface area contributed by atoms with Gasteiger partial charge in [0.25, 0.3) is 0 Å². The SMILES string of the molecule is CCOC(=O)c1ncsc1NC(C)c1ccccc1Cl. The highest BCUT2D eigenvalue weighted by atomic mass is 35.5. The second kappa shape index (κ2) is 6.72. The lowest BCUT2D eigenvalue weighted by molar-refractivity contribution is 0.0521. The van der Waals surface area contributed by atoms with Crippen molar-refractivity contribution >= 4 is 33.9 Å². The smallest absolute Gasteiger partial charge is 0.360 e. The van der Waals surface area contributed by atoms with Crippen LogP contribution in [-0.2, 0) is 4.74 Å². The third-order valence-electron chi connectivity index (χ3n) is 2.76. The van der Waals surface area contributed by atoms with Gasteiger partial charge >= 0.3 is 5.97 Å². The van der Waals surface area contributed by atoms with Gasteiger partial charge in [0, 0.05) is 5.02 Å². The van der Waals surface area contributed by atoms with E-state index in [1.54, 1.807) is 12.4 Å². The number of carbonyl (C=O) groups excluding carboxylic acids is 1. The Morgan fingerprint density at radius 1 is 1.50 bits per heavy atom. The molecule has 0 saturated carbocycles. The van der Waals surface area contributed by atoms with Crippen molar-refractivity contribution in [3.05, 3.63) is 46.1 Å². The Morgan fingerprint density at radius 2 is 2.25 bits per heavy atom. The molecule has 0 aliphatic rings. The number of hydrogen-bond acceptors (Lipinski definition) is 5. The number of nitrogens with one attached hydrogen (secondary N) is 1. The van der Waals surface area contributed by atoms with E-state index in [0.717, 1.165) is 5.56 Å². The number of esters is 1. The van der Waals surface area contributed by atoms with Crippen LogP contribution < -0.4 is 5.32 Å². The van der Waals surface area contributed by atoms with E-state index in [4.69, 9.17) is 16.3 Å². The molecule has 1 N–H and O–H groups in total. The molecule has 1 aromatic carbocycles. The molecule has 1 aromatic heterocycles. The van der Waals surface area contributed by atoms with Gasteiger partial charge in [-0.1, -0.05) is 29.8 Å². The number of ether oxygens (including phenoxy) is 1. The first-order chi connectivity index (χ1) is 9.63. The number of benzene rings is 1. The van der Waals surface area contributed by atoms with Crippen LogP contribution in [0.15, 0.2) is 29.8 Å². The van der Waals surface area contributed by atoms with Gasteiger partial charge in [0.05, 0.1) is 18.2 Å². The van der Waals surface area contributed by atoms with Gasteiger partial charge in [-0.05, 0) is 25.5 Å². The fraction of sp³-hybridized carbons (Fsp3) is 0.286. The monoisotopic (exact) mass is 310 g/mol. The lowest BCUT2D eigenvalue weighted by Crippen LogP contribution is -2.11. The summed E-state index contributed by atoms with van der Waals surface area (Å²) in [6.07, 6.45) is 0. The number of aromatic nitrogens is 1. The summed E-state index contributed by atoms with van der Waals surface area (Å²) < 4.78 is 4.98. The number of anilines is 1. The third-order valence-corrected chi connectivity index (χ3v) is 3.86. The summed E-state index contributed by atoms with van der Waals surface area (Å²) in [5, 5.41) is 4.64. The van der Waals surface area contributed by atoms with E-state index < -0.39 is 5.97 Å². The molecular formula is C14H15ClN2O2S. The molecular weight excluding hydrogens is 296 g/mol. The van der Waals surface area contributed by atoms with Crippen LogP contribution in [0.1, 0.15) is 35.9 Å². The molecule has 2 aromatic rings. The van der Waals surface area contributed by atoms with Crippen molar-refractivity contribution < 1.29 is 9.53 Å². The molecule has 0 saturated heterocycles. The first kappa shape index (κ1) is 14.8. The molecule has 2 rings (SSSR count). The zero-order chi connectivity index (χ0) is 14.5. The van der Waals surface area contributed by atoms with Gasteiger partial charge in [-0.2, -0.15) is 0 Å². The van der Waals surface area contributed by atoms with Crippen LogP contribution in [-0.4, -0.2) is 17.6 Å². The van der Waals surface area contributed by atoms with E-state index in [1.807, 2.05) is 31.2 Å². The predicted molar refractivity (Wildman–Crippen MR) is 81.6 cm³/mol.